The van der Waals surface area contributed by atoms with Gasteiger partial charge in [0.15, 0.2) is 5.69 Å². The van der Waals surface area contributed by atoms with Gasteiger partial charge in [-0.3, -0.25) is 14.8 Å². The lowest BCUT2D eigenvalue weighted by Gasteiger charge is -2.23. The fraction of sp³-hybridized carbons (Fsp3) is 0.357. The van der Waals surface area contributed by atoms with Crippen LogP contribution in [-0.2, 0) is 0 Å². The number of aryl methyl sites for hydroxylation is 1. The Bertz CT molecular complexity index is 616. The van der Waals surface area contributed by atoms with Crippen LogP contribution in [0, 0.1) is 6.92 Å². The van der Waals surface area contributed by atoms with Crippen molar-refractivity contribution in [2.45, 2.75) is 25.8 Å². The molecule has 2 aromatic rings. The third-order valence-corrected chi connectivity index (χ3v) is 3.42. The number of hydrogen-bond acceptors (Lipinski definition) is 5. The van der Waals surface area contributed by atoms with Crippen molar-refractivity contribution in [1.29, 1.82) is 0 Å². The number of hydrogen-bond donors (Lipinski definition) is 0. The second-order valence-corrected chi connectivity index (χ2v) is 4.85. The average molecular weight is 269 g/mol. The first-order chi connectivity index (χ1) is 9.75. The fourth-order valence-electron chi connectivity index (χ4n) is 2.52. The highest BCUT2D eigenvalue weighted by Crippen LogP contribution is 2.31. The van der Waals surface area contributed by atoms with Gasteiger partial charge in [0.1, 0.15) is 0 Å². The molecule has 1 atom stereocenters. The summed E-state index contributed by atoms with van der Waals surface area (Å²) >= 11 is 0. The van der Waals surface area contributed by atoms with E-state index in [0.29, 0.717) is 5.69 Å². The minimum Gasteiger partial charge on any atom is -0.329 e. The molecule has 0 N–H and O–H groups in total. The maximum absolute atomic E-state index is 12.5. The largest absolute Gasteiger partial charge is 0.329 e. The van der Waals surface area contributed by atoms with Crippen LogP contribution in [0.2, 0.25) is 0 Å². The molecule has 20 heavy (non-hydrogen) atoms. The first kappa shape index (κ1) is 12.7. The van der Waals surface area contributed by atoms with Crippen LogP contribution in [0.3, 0.4) is 0 Å². The zero-order chi connectivity index (χ0) is 13.9. The topological polar surface area (TPSA) is 71.9 Å². The summed E-state index contributed by atoms with van der Waals surface area (Å²) in [4.78, 5) is 23.0. The van der Waals surface area contributed by atoms with Crippen molar-refractivity contribution in [2.24, 2.45) is 0 Å². The molecule has 6 heteroatoms. The van der Waals surface area contributed by atoms with Crippen molar-refractivity contribution in [3.8, 4) is 0 Å². The molecule has 0 bridgehead atoms. The standard InChI is InChI=1S/C14H15N5O/c1-10-8-15-9-12(17-10)13-5-3-7-19(13)14(20)11-4-2-6-16-18-11/h2,4,6,8-9,13H,3,5,7H2,1H3/t13-/m0/s1. The van der Waals surface area contributed by atoms with Crippen LogP contribution in [0.15, 0.2) is 30.7 Å². The summed E-state index contributed by atoms with van der Waals surface area (Å²) < 4.78 is 0. The third-order valence-electron chi connectivity index (χ3n) is 3.42. The van der Waals surface area contributed by atoms with Crippen LogP contribution in [-0.4, -0.2) is 37.5 Å². The summed E-state index contributed by atoms with van der Waals surface area (Å²) in [5, 5.41) is 7.66. The molecule has 0 aromatic carbocycles. The van der Waals surface area contributed by atoms with E-state index in [-0.39, 0.29) is 11.9 Å². The maximum Gasteiger partial charge on any atom is 0.274 e. The minimum atomic E-state index is -0.0936. The lowest BCUT2D eigenvalue weighted by atomic mass is 10.1. The monoisotopic (exact) mass is 269 g/mol. The molecule has 0 radical (unpaired) electrons. The van der Waals surface area contributed by atoms with E-state index in [4.69, 9.17) is 0 Å². The van der Waals surface area contributed by atoms with Crippen molar-refractivity contribution in [3.05, 3.63) is 47.8 Å². The zero-order valence-corrected chi connectivity index (χ0v) is 11.2. The van der Waals surface area contributed by atoms with E-state index in [0.717, 1.165) is 30.8 Å². The Balaban J connectivity index is 1.88. The van der Waals surface area contributed by atoms with Crippen LogP contribution >= 0.6 is 0 Å². The molecule has 3 heterocycles. The molecule has 2 aromatic heterocycles. The highest BCUT2D eigenvalue weighted by molar-refractivity contribution is 5.92. The number of nitrogens with zero attached hydrogens (tertiary/aromatic N) is 5. The predicted octanol–water partition coefficient (Wildman–Crippen LogP) is 1.55. The second kappa shape index (κ2) is 5.32. The van der Waals surface area contributed by atoms with Gasteiger partial charge >= 0.3 is 0 Å². The Morgan fingerprint density at radius 1 is 1.40 bits per heavy atom. The molecule has 1 amide bonds. The van der Waals surface area contributed by atoms with Crippen LogP contribution in [0.1, 0.15) is 40.8 Å². The predicted molar refractivity (Wildman–Crippen MR) is 71.8 cm³/mol. The van der Waals surface area contributed by atoms with E-state index in [9.17, 15) is 4.79 Å². The van der Waals surface area contributed by atoms with Gasteiger partial charge in [-0.15, -0.1) is 5.10 Å². The number of amides is 1. The number of rotatable bonds is 2. The summed E-state index contributed by atoms with van der Waals surface area (Å²) in [6, 6.07) is 3.39. The number of aromatic nitrogens is 4. The van der Waals surface area contributed by atoms with Gasteiger partial charge in [-0.05, 0) is 31.9 Å². The van der Waals surface area contributed by atoms with Crippen molar-refractivity contribution < 1.29 is 4.79 Å². The molecular formula is C14H15N5O. The van der Waals surface area contributed by atoms with Gasteiger partial charge in [0, 0.05) is 18.9 Å². The minimum absolute atomic E-state index is 0.0168. The van der Waals surface area contributed by atoms with Crippen molar-refractivity contribution >= 4 is 5.91 Å². The maximum atomic E-state index is 12.5. The van der Waals surface area contributed by atoms with Gasteiger partial charge in [-0.1, -0.05) is 0 Å². The molecule has 6 nitrogen and oxygen atoms in total. The van der Waals surface area contributed by atoms with Gasteiger partial charge in [0.25, 0.3) is 5.91 Å². The molecule has 1 fully saturated rings. The molecule has 1 aliphatic rings. The molecule has 1 saturated heterocycles. The second-order valence-electron chi connectivity index (χ2n) is 4.85. The van der Waals surface area contributed by atoms with Crippen LogP contribution < -0.4 is 0 Å². The van der Waals surface area contributed by atoms with Crippen molar-refractivity contribution in [1.82, 2.24) is 25.1 Å². The van der Waals surface area contributed by atoms with E-state index >= 15 is 0 Å². The van der Waals surface area contributed by atoms with Crippen LogP contribution in [0.5, 0.6) is 0 Å². The van der Waals surface area contributed by atoms with E-state index in [1.54, 1.807) is 30.7 Å². The van der Waals surface area contributed by atoms with Gasteiger partial charge < -0.3 is 4.90 Å². The van der Waals surface area contributed by atoms with Gasteiger partial charge in [-0.25, -0.2) is 0 Å². The Labute approximate surface area is 116 Å². The molecule has 0 aliphatic carbocycles. The Hall–Kier alpha value is -2.37. The van der Waals surface area contributed by atoms with Crippen LogP contribution in [0.25, 0.3) is 0 Å². The summed E-state index contributed by atoms with van der Waals surface area (Å²) in [6.07, 6.45) is 6.88. The molecule has 102 valence electrons. The fourth-order valence-corrected chi connectivity index (χ4v) is 2.52. The van der Waals surface area contributed by atoms with E-state index in [2.05, 4.69) is 20.2 Å². The summed E-state index contributed by atoms with van der Waals surface area (Å²) in [5.74, 6) is -0.0936. The molecular weight excluding hydrogens is 254 g/mol. The highest BCUT2D eigenvalue weighted by atomic mass is 16.2. The quantitative estimate of drug-likeness (QED) is 0.827. The summed E-state index contributed by atoms with van der Waals surface area (Å²) in [5.41, 5.74) is 2.08. The molecule has 0 unspecified atom stereocenters. The lowest BCUT2D eigenvalue weighted by Crippen LogP contribution is -2.31. The third kappa shape index (κ3) is 2.36. The summed E-state index contributed by atoms with van der Waals surface area (Å²) in [7, 11) is 0. The highest BCUT2D eigenvalue weighted by Gasteiger charge is 2.32. The lowest BCUT2D eigenvalue weighted by molar-refractivity contribution is 0.0725. The van der Waals surface area contributed by atoms with Gasteiger partial charge in [0.05, 0.1) is 23.6 Å². The molecule has 1 aliphatic heterocycles. The number of carbonyl (C=O) groups is 1. The molecule has 0 spiro atoms. The first-order valence-corrected chi connectivity index (χ1v) is 6.63. The smallest absolute Gasteiger partial charge is 0.274 e. The van der Waals surface area contributed by atoms with E-state index in [1.807, 2.05) is 11.8 Å². The number of likely N-dealkylation sites (tertiary alicyclic amines) is 1. The normalized spacial score (nSPS) is 18.2. The van der Waals surface area contributed by atoms with Crippen molar-refractivity contribution in [2.75, 3.05) is 6.54 Å². The molecule has 0 saturated carbocycles. The molecule has 3 rings (SSSR count). The first-order valence-electron chi connectivity index (χ1n) is 6.63. The average Bonchev–Trinajstić information content (AvgIpc) is 2.97. The Morgan fingerprint density at radius 2 is 2.30 bits per heavy atom. The van der Waals surface area contributed by atoms with Gasteiger partial charge in [0.2, 0.25) is 0 Å². The summed E-state index contributed by atoms with van der Waals surface area (Å²) in [6.45, 7) is 2.62. The Kier molecular flexibility index (Phi) is 3.37. The van der Waals surface area contributed by atoms with Gasteiger partial charge in [-0.2, -0.15) is 5.10 Å². The van der Waals surface area contributed by atoms with Crippen LogP contribution in [0.4, 0.5) is 0 Å². The SMILES string of the molecule is Cc1cncc([C@@H]2CCCN2C(=O)c2cccnn2)n1. The zero-order valence-electron chi connectivity index (χ0n) is 11.2. The van der Waals surface area contributed by atoms with E-state index < -0.39 is 0 Å². The number of carbonyl (C=O) groups excluding carboxylic acids is 1. The Morgan fingerprint density at radius 3 is 3.05 bits per heavy atom. The van der Waals surface area contributed by atoms with Crippen molar-refractivity contribution in [3.63, 3.8) is 0 Å². The van der Waals surface area contributed by atoms with E-state index in [1.165, 1.54) is 0 Å².